The van der Waals surface area contributed by atoms with Crippen LogP contribution in [0, 0.1) is 0 Å². The molecule has 11 aromatic rings. The molecule has 0 spiro atoms. The number of nitrogens with zero attached hydrogens (tertiary/aromatic N) is 3. The normalized spacial score (nSPS) is 12.5. The Morgan fingerprint density at radius 3 is 1.94 bits per heavy atom. The van der Waals surface area contributed by atoms with E-state index in [4.69, 9.17) is 9.97 Å². The third-order valence-electron chi connectivity index (χ3n) is 10.8. The number of rotatable bonds is 3. The van der Waals surface area contributed by atoms with Crippen LogP contribution in [0.15, 0.2) is 164 Å². The minimum absolute atomic E-state index is 0.719. The van der Waals surface area contributed by atoms with Crippen molar-refractivity contribution in [3.05, 3.63) is 164 Å². The Morgan fingerprint density at radius 1 is 0.396 bits per heavy atom. The summed E-state index contributed by atoms with van der Waals surface area (Å²) < 4.78 is 4.87. The van der Waals surface area contributed by atoms with Gasteiger partial charge in [-0.05, 0) is 52.7 Å². The fourth-order valence-electron chi connectivity index (χ4n) is 8.54. The molecule has 0 atom stereocenters. The summed E-state index contributed by atoms with van der Waals surface area (Å²) in [5.41, 5.74) is 9.97. The molecule has 4 heterocycles. The Hall–Kier alpha value is -6.40. The topological polar surface area (TPSA) is 29.0 Å². The Kier molecular flexibility index (Phi) is 6.09. The van der Waals surface area contributed by atoms with Crippen LogP contribution in [0.1, 0.15) is 0 Å². The monoisotopic (exact) mass is 709 g/mol. The van der Waals surface area contributed by atoms with Crippen LogP contribution in [-0.2, 0) is 0 Å². The minimum Gasteiger partial charge on any atom is -0.308 e. The Labute approximate surface area is 312 Å². The molecule has 12 rings (SSSR count). The molecule has 246 valence electrons. The molecule has 0 unspecified atom stereocenters. The number of thiophene rings is 2. The van der Waals surface area contributed by atoms with Crippen LogP contribution in [-0.4, -0.2) is 9.97 Å². The molecule has 3 aromatic heterocycles. The van der Waals surface area contributed by atoms with Crippen molar-refractivity contribution in [1.29, 1.82) is 0 Å². The van der Waals surface area contributed by atoms with Crippen LogP contribution in [0.25, 0.3) is 95.8 Å². The maximum absolute atomic E-state index is 5.66. The van der Waals surface area contributed by atoms with Crippen molar-refractivity contribution in [3.63, 3.8) is 0 Å². The molecule has 0 aliphatic carbocycles. The van der Waals surface area contributed by atoms with Gasteiger partial charge in [0.05, 0.1) is 33.0 Å². The fourth-order valence-corrected chi connectivity index (χ4v) is 10.8. The van der Waals surface area contributed by atoms with Crippen molar-refractivity contribution < 1.29 is 0 Å². The molecular weight excluding hydrogens is 683 g/mol. The van der Waals surface area contributed by atoms with Gasteiger partial charge in [-0.15, -0.1) is 22.7 Å². The van der Waals surface area contributed by atoms with Crippen molar-refractivity contribution in [1.82, 2.24) is 9.97 Å². The van der Waals surface area contributed by atoms with Gasteiger partial charge in [-0.25, -0.2) is 9.97 Å². The van der Waals surface area contributed by atoms with E-state index in [1.54, 1.807) is 11.3 Å². The van der Waals surface area contributed by atoms with Crippen LogP contribution in [0.4, 0.5) is 17.1 Å². The summed E-state index contributed by atoms with van der Waals surface area (Å²) >= 11 is 3.63. The Morgan fingerprint density at radius 2 is 1.04 bits per heavy atom. The van der Waals surface area contributed by atoms with E-state index in [1.165, 1.54) is 52.2 Å². The molecule has 1 aliphatic heterocycles. The number of benzene rings is 8. The third-order valence-corrected chi connectivity index (χ3v) is 13.1. The molecule has 0 saturated carbocycles. The fraction of sp³-hybridized carbons (Fsp3) is 0. The summed E-state index contributed by atoms with van der Waals surface area (Å²) in [6.07, 6.45) is 0. The van der Waals surface area contributed by atoms with E-state index in [2.05, 4.69) is 169 Å². The summed E-state index contributed by atoms with van der Waals surface area (Å²) in [4.78, 5) is 13.7. The molecule has 1 aliphatic rings. The first-order valence-electron chi connectivity index (χ1n) is 17.8. The second-order valence-electron chi connectivity index (χ2n) is 13.7. The largest absolute Gasteiger partial charge is 0.308 e. The molecule has 0 saturated heterocycles. The van der Waals surface area contributed by atoms with Crippen molar-refractivity contribution in [3.8, 4) is 33.8 Å². The first kappa shape index (κ1) is 29.2. The van der Waals surface area contributed by atoms with Gasteiger partial charge < -0.3 is 4.90 Å². The summed E-state index contributed by atoms with van der Waals surface area (Å²) in [7, 11) is 0. The number of fused-ring (bicyclic) bond motifs is 9. The van der Waals surface area contributed by atoms with Crippen LogP contribution in [0.3, 0.4) is 0 Å². The lowest BCUT2D eigenvalue weighted by Crippen LogP contribution is -2.16. The lowest BCUT2D eigenvalue weighted by Gasteiger charge is -2.35. The van der Waals surface area contributed by atoms with Crippen LogP contribution >= 0.6 is 22.7 Å². The summed E-state index contributed by atoms with van der Waals surface area (Å²) in [5.74, 6) is 0.719. The zero-order valence-corrected chi connectivity index (χ0v) is 29.9. The molecule has 53 heavy (non-hydrogen) atoms. The SMILES string of the molecule is c1ccc2c(c1)-c1cccc3cccc(c13)N2c1c(-c2nc(-c3cccc4sc5ccccc5c34)c3sc4ccccc4c3n2)ccc2ccccc12. The number of hydrogen-bond acceptors (Lipinski definition) is 5. The third kappa shape index (κ3) is 4.15. The van der Waals surface area contributed by atoms with E-state index >= 15 is 0 Å². The summed E-state index contributed by atoms with van der Waals surface area (Å²) in [6, 6.07) is 59.3. The highest BCUT2D eigenvalue weighted by Gasteiger charge is 2.30. The zero-order valence-electron chi connectivity index (χ0n) is 28.2. The highest BCUT2D eigenvalue weighted by molar-refractivity contribution is 7.26. The predicted octanol–water partition coefficient (Wildman–Crippen LogP) is 14.3. The van der Waals surface area contributed by atoms with Gasteiger partial charge in [0.15, 0.2) is 5.82 Å². The zero-order chi connectivity index (χ0) is 34.6. The maximum atomic E-state index is 5.66. The van der Waals surface area contributed by atoms with E-state index in [1.807, 2.05) is 11.3 Å². The second-order valence-corrected chi connectivity index (χ2v) is 15.8. The standard InChI is InChI=1S/C48H27N3S2/c1-2-15-30-28(12-1)26-27-36(46(30)51-37-21-6-3-16-31(37)32-19-9-13-29-14-10-22-38(51)42(29)32)48-49-44-34-18-5-8-24-40(34)53-47(44)45(50-48)35-20-11-25-41-43(35)33-17-4-7-23-39(33)52-41/h1-27H. The predicted molar refractivity (Wildman–Crippen MR) is 227 cm³/mol. The molecule has 8 aromatic carbocycles. The van der Waals surface area contributed by atoms with E-state index in [0.29, 0.717) is 0 Å². The quantitative estimate of drug-likeness (QED) is 0.183. The number of anilines is 3. The minimum atomic E-state index is 0.719. The molecule has 5 heteroatoms. The van der Waals surface area contributed by atoms with Crippen LogP contribution in [0.5, 0.6) is 0 Å². The molecule has 0 amide bonds. The van der Waals surface area contributed by atoms with E-state index in [9.17, 15) is 0 Å². The molecule has 0 bridgehead atoms. The maximum Gasteiger partial charge on any atom is 0.162 e. The van der Waals surface area contributed by atoms with E-state index < -0.39 is 0 Å². The Bertz CT molecular complexity index is 3310. The van der Waals surface area contributed by atoms with Gasteiger partial charge in [-0.3, -0.25) is 0 Å². The number of aromatic nitrogens is 2. The van der Waals surface area contributed by atoms with E-state index in [0.717, 1.165) is 60.7 Å². The smallest absolute Gasteiger partial charge is 0.162 e. The number of para-hydroxylation sites is 1. The molecule has 0 radical (unpaired) electrons. The molecular formula is C48H27N3S2. The van der Waals surface area contributed by atoms with Crippen LogP contribution in [0.2, 0.25) is 0 Å². The lowest BCUT2D eigenvalue weighted by atomic mass is 9.89. The first-order chi connectivity index (χ1) is 26.3. The summed E-state index contributed by atoms with van der Waals surface area (Å²) in [5, 5.41) is 8.48. The lowest BCUT2D eigenvalue weighted by molar-refractivity contribution is 1.22. The average Bonchev–Trinajstić information content (AvgIpc) is 3.79. The molecule has 3 nitrogen and oxygen atoms in total. The van der Waals surface area contributed by atoms with Gasteiger partial charge in [0.25, 0.3) is 0 Å². The highest BCUT2D eigenvalue weighted by atomic mass is 32.1. The average molecular weight is 710 g/mol. The number of hydrogen-bond donors (Lipinski definition) is 0. The van der Waals surface area contributed by atoms with Gasteiger partial charge in [0.2, 0.25) is 0 Å². The van der Waals surface area contributed by atoms with Crippen molar-refractivity contribution in [2.45, 2.75) is 0 Å². The van der Waals surface area contributed by atoms with Gasteiger partial charge in [0, 0.05) is 57.7 Å². The van der Waals surface area contributed by atoms with Gasteiger partial charge in [-0.2, -0.15) is 0 Å². The molecule has 0 N–H and O–H groups in total. The Balaban J connectivity index is 1.22. The van der Waals surface area contributed by atoms with Gasteiger partial charge in [-0.1, -0.05) is 127 Å². The van der Waals surface area contributed by atoms with Gasteiger partial charge >= 0.3 is 0 Å². The van der Waals surface area contributed by atoms with Crippen molar-refractivity contribution >= 4 is 102 Å². The van der Waals surface area contributed by atoms with Crippen molar-refractivity contribution in [2.75, 3.05) is 4.90 Å². The van der Waals surface area contributed by atoms with Crippen molar-refractivity contribution in [2.24, 2.45) is 0 Å². The highest BCUT2D eigenvalue weighted by Crippen LogP contribution is 2.54. The second kappa shape index (κ2) is 11.1. The molecule has 0 fully saturated rings. The first-order valence-corrected chi connectivity index (χ1v) is 19.5. The van der Waals surface area contributed by atoms with Crippen LogP contribution < -0.4 is 4.90 Å². The van der Waals surface area contributed by atoms with E-state index in [-0.39, 0.29) is 0 Å². The summed E-state index contributed by atoms with van der Waals surface area (Å²) in [6.45, 7) is 0. The van der Waals surface area contributed by atoms with Gasteiger partial charge in [0.1, 0.15) is 0 Å².